The highest BCUT2D eigenvalue weighted by Crippen LogP contribution is 2.37. The van der Waals surface area contributed by atoms with E-state index in [1.54, 1.807) is 31.2 Å². The number of H-pyrrole nitrogens is 1. The summed E-state index contributed by atoms with van der Waals surface area (Å²) in [5.74, 6) is 1.74. The lowest BCUT2D eigenvalue weighted by atomic mass is 10.1. The van der Waals surface area contributed by atoms with Gasteiger partial charge in [0.2, 0.25) is 0 Å². The van der Waals surface area contributed by atoms with Gasteiger partial charge in [-0.25, -0.2) is 4.98 Å². The van der Waals surface area contributed by atoms with E-state index in [0.717, 1.165) is 23.3 Å². The van der Waals surface area contributed by atoms with Crippen LogP contribution in [0.2, 0.25) is 0 Å². The molecule has 27 heavy (non-hydrogen) atoms. The molecule has 3 aromatic rings. The minimum Gasteiger partial charge on any atom is -0.493 e. The predicted molar refractivity (Wildman–Crippen MR) is 108 cm³/mol. The van der Waals surface area contributed by atoms with Crippen LogP contribution in [-0.2, 0) is 6.54 Å². The highest BCUT2D eigenvalue weighted by atomic mass is 79.9. The fourth-order valence-electron chi connectivity index (χ4n) is 2.78. The molecular weight excluding hydrogens is 410 g/mol. The molecule has 3 rings (SSSR count). The summed E-state index contributed by atoms with van der Waals surface area (Å²) in [5.41, 5.74) is 2.35. The number of hydrogen-bond acceptors (Lipinski definition) is 4. The first kappa shape index (κ1) is 19.2. The molecule has 1 aromatic heterocycles. The Kier molecular flexibility index (Phi) is 6.01. The van der Waals surface area contributed by atoms with E-state index in [0.29, 0.717) is 34.7 Å². The highest BCUT2D eigenvalue weighted by Gasteiger charge is 2.19. The van der Waals surface area contributed by atoms with Gasteiger partial charge < -0.3 is 19.4 Å². The van der Waals surface area contributed by atoms with Crippen molar-refractivity contribution >= 4 is 32.9 Å². The largest absolute Gasteiger partial charge is 0.493 e. The van der Waals surface area contributed by atoms with Gasteiger partial charge in [0.05, 0.1) is 35.8 Å². The zero-order chi connectivity index (χ0) is 19.4. The molecule has 7 heteroatoms. The number of amides is 1. The van der Waals surface area contributed by atoms with Gasteiger partial charge >= 0.3 is 0 Å². The van der Waals surface area contributed by atoms with Crippen LogP contribution >= 0.6 is 15.9 Å². The maximum atomic E-state index is 12.9. The number of carbonyl (C=O) groups excluding carboxylic acids is 1. The van der Waals surface area contributed by atoms with Crippen molar-refractivity contribution in [3.8, 4) is 11.5 Å². The number of rotatable bonds is 7. The number of carbonyl (C=O) groups is 1. The average Bonchev–Trinajstić information content (AvgIpc) is 3.08. The molecule has 0 saturated carbocycles. The fraction of sp³-hybridized carbons (Fsp3) is 0.300. The van der Waals surface area contributed by atoms with Crippen LogP contribution in [0.15, 0.2) is 40.9 Å². The highest BCUT2D eigenvalue weighted by molar-refractivity contribution is 9.10. The third-order valence-corrected chi connectivity index (χ3v) is 4.69. The first-order valence-corrected chi connectivity index (χ1v) is 9.52. The maximum Gasteiger partial charge on any atom is 0.254 e. The standard InChI is InChI=1S/C20H22BrN3O3/c1-4-9-27-19-14(21)10-13(11-17(19)26-3)20(25)24(2)12-18-22-15-7-5-6-8-16(15)23-18/h5-8,10-11H,4,9,12H2,1-3H3,(H,22,23). The molecule has 0 aliphatic rings. The number of aromatic amines is 1. The van der Waals surface area contributed by atoms with Crippen LogP contribution in [0.4, 0.5) is 0 Å². The van der Waals surface area contributed by atoms with E-state index in [2.05, 4.69) is 25.9 Å². The number of nitrogens with one attached hydrogen (secondary N) is 1. The monoisotopic (exact) mass is 431 g/mol. The lowest BCUT2D eigenvalue weighted by Gasteiger charge is -2.18. The van der Waals surface area contributed by atoms with E-state index < -0.39 is 0 Å². The molecule has 0 fully saturated rings. The van der Waals surface area contributed by atoms with Crippen LogP contribution in [0.3, 0.4) is 0 Å². The molecule has 0 aliphatic heterocycles. The number of benzene rings is 2. The van der Waals surface area contributed by atoms with Crippen molar-refractivity contribution in [3.05, 3.63) is 52.3 Å². The quantitative estimate of drug-likeness (QED) is 0.601. The molecule has 0 bridgehead atoms. The lowest BCUT2D eigenvalue weighted by Crippen LogP contribution is -2.26. The van der Waals surface area contributed by atoms with Gasteiger partial charge in [-0.1, -0.05) is 19.1 Å². The molecule has 1 N–H and O–H groups in total. The van der Waals surface area contributed by atoms with Crippen LogP contribution in [0.5, 0.6) is 11.5 Å². The van der Waals surface area contributed by atoms with E-state index in [-0.39, 0.29) is 5.91 Å². The molecule has 0 aliphatic carbocycles. The second kappa shape index (κ2) is 8.43. The van der Waals surface area contributed by atoms with Gasteiger partial charge in [-0.15, -0.1) is 0 Å². The smallest absolute Gasteiger partial charge is 0.254 e. The normalized spacial score (nSPS) is 10.8. The minimum absolute atomic E-state index is 0.128. The van der Waals surface area contributed by atoms with Gasteiger partial charge in [-0.2, -0.15) is 0 Å². The summed E-state index contributed by atoms with van der Waals surface area (Å²) in [4.78, 5) is 22.3. The second-order valence-electron chi connectivity index (χ2n) is 6.20. The second-order valence-corrected chi connectivity index (χ2v) is 7.05. The summed E-state index contributed by atoms with van der Waals surface area (Å²) in [5, 5.41) is 0. The van der Waals surface area contributed by atoms with Crippen LogP contribution in [0.1, 0.15) is 29.5 Å². The van der Waals surface area contributed by atoms with Gasteiger partial charge in [-0.3, -0.25) is 4.79 Å². The number of hydrogen-bond donors (Lipinski definition) is 1. The van der Waals surface area contributed by atoms with E-state index in [4.69, 9.17) is 9.47 Å². The average molecular weight is 432 g/mol. The molecule has 0 atom stereocenters. The van der Waals surface area contributed by atoms with Gasteiger partial charge in [0.25, 0.3) is 5.91 Å². The molecule has 0 saturated heterocycles. The molecule has 6 nitrogen and oxygen atoms in total. The molecule has 142 valence electrons. The Labute approximate surface area is 166 Å². The summed E-state index contributed by atoms with van der Waals surface area (Å²) in [7, 11) is 3.31. The van der Waals surface area contributed by atoms with Gasteiger partial charge in [-0.05, 0) is 46.6 Å². The van der Waals surface area contributed by atoms with E-state index >= 15 is 0 Å². The lowest BCUT2D eigenvalue weighted by molar-refractivity contribution is 0.0781. The number of nitrogens with zero attached hydrogens (tertiary/aromatic N) is 2. The number of fused-ring (bicyclic) bond motifs is 1. The van der Waals surface area contributed by atoms with E-state index in [1.807, 2.05) is 31.2 Å². The summed E-state index contributed by atoms with van der Waals surface area (Å²) in [6, 6.07) is 11.2. The molecule has 2 aromatic carbocycles. The summed E-state index contributed by atoms with van der Waals surface area (Å²) in [6.07, 6.45) is 0.885. The number of aromatic nitrogens is 2. The molecule has 0 spiro atoms. The Hall–Kier alpha value is -2.54. The predicted octanol–water partition coefficient (Wildman–Crippen LogP) is 4.40. The topological polar surface area (TPSA) is 67.5 Å². The Morgan fingerprint density at radius 3 is 2.78 bits per heavy atom. The first-order valence-electron chi connectivity index (χ1n) is 8.73. The fourth-order valence-corrected chi connectivity index (χ4v) is 3.34. The van der Waals surface area contributed by atoms with Crippen molar-refractivity contribution in [2.24, 2.45) is 0 Å². The summed E-state index contributed by atoms with van der Waals surface area (Å²) >= 11 is 3.48. The maximum absolute atomic E-state index is 12.9. The summed E-state index contributed by atoms with van der Waals surface area (Å²) in [6.45, 7) is 2.99. The summed E-state index contributed by atoms with van der Waals surface area (Å²) < 4.78 is 11.8. The minimum atomic E-state index is -0.128. The van der Waals surface area contributed by atoms with Crippen molar-refractivity contribution in [3.63, 3.8) is 0 Å². The van der Waals surface area contributed by atoms with Gasteiger partial charge in [0.1, 0.15) is 5.82 Å². The van der Waals surface area contributed by atoms with Gasteiger partial charge in [0, 0.05) is 12.6 Å². The SMILES string of the molecule is CCCOc1c(Br)cc(C(=O)N(C)Cc2nc3ccccc3[nH]2)cc1OC. The third-order valence-electron chi connectivity index (χ3n) is 4.10. The Bertz CT molecular complexity index is 922. The number of para-hydroxylation sites is 2. The van der Waals surface area contributed by atoms with Crippen LogP contribution < -0.4 is 9.47 Å². The van der Waals surface area contributed by atoms with Crippen molar-refractivity contribution in [2.75, 3.05) is 20.8 Å². The van der Waals surface area contributed by atoms with Crippen molar-refractivity contribution < 1.29 is 14.3 Å². The molecule has 1 heterocycles. The third kappa shape index (κ3) is 4.24. The van der Waals surface area contributed by atoms with Crippen LogP contribution in [0.25, 0.3) is 11.0 Å². The number of ether oxygens (including phenoxy) is 2. The van der Waals surface area contributed by atoms with Crippen LogP contribution in [-0.4, -0.2) is 41.5 Å². The Morgan fingerprint density at radius 1 is 1.30 bits per heavy atom. The number of halogens is 1. The first-order chi connectivity index (χ1) is 13.0. The molecule has 0 radical (unpaired) electrons. The zero-order valence-corrected chi connectivity index (χ0v) is 17.2. The molecular formula is C20H22BrN3O3. The van der Waals surface area contributed by atoms with Gasteiger partial charge in [0.15, 0.2) is 11.5 Å². The van der Waals surface area contributed by atoms with Crippen molar-refractivity contribution in [2.45, 2.75) is 19.9 Å². The van der Waals surface area contributed by atoms with E-state index in [9.17, 15) is 4.79 Å². The van der Waals surface area contributed by atoms with Crippen molar-refractivity contribution in [1.82, 2.24) is 14.9 Å². The zero-order valence-electron chi connectivity index (χ0n) is 15.6. The van der Waals surface area contributed by atoms with Crippen LogP contribution in [0, 0.1) is 0 Å². The molecule has 0 unspecified atom stereocenters. The van der Waals surface area contributed by atoms with Crippen molar-refractivity contribution in [1.29, 1.82) is 0 Å². The Morgan fingerprint density at radius 2 is 2.07 bits per heavy atom. The van der Waals surface area contributed by atoms with E-state index in [1.165, 1.54) is 0 Å². The number of imidazole rings is 1. The Balaban J connectivity index is 1.80. The number of methoxy groups -OCH3 is 1. The molecule has 1 amide bonds.